The van der Waals surface area contributed by atoms with Crippen LogP contribution in [-0.2, 0) is 38.2 Å². The topological polar surface area (TPSA) is 153 Å². The van der Waals surface area contributed by atoms with Gasteiger partial charge in [-0.1, -0.05) is 25.7 Å². The standard InChI is InChI=1S/C30H44N2O10/c1-2-39-21-9-12-30(24(19-21)27(35)36)28(37)32(30)13-15-38-14-10-25-29(31-42-25)11-8-22(18-23(29)26(33)34)41-17-16-40-20-6-4-3-5-7-20/h1,20-25,31H,3-19H2,(H,33,34)(H,35,36). The molecule has 12 heteroatoms. The van der Waals surface area contributed by atoms with Crippen LogP contribution >= 0.6 is 0 Å². The number of carbonyl (C=O) groups is 3. The highest BCUT2D eigenvalue weighted by molar-refractivity contribution is 6.06. The fraction of sp³-hybridized carbons (Fsp3) is 0.833. The van der Waals surface area contributed by atoms with E-state index >= 15 is 0 Å². The molecule has 5 fully saturated rings. The fourth-order valence-electron chi connectivity index (χ4n) is 7.71. The third-order valence-corrected chi connectivity index (χ3v) is 10.1. The average Bonchev–Trinajstić information content (AvgIpc) is 3.54. The Hall–Kier alpha value is -2.43. The lowest BCUT2D eigenvalue weighted by Crippen LogP contribution is -2.74. The van der Waals surface area contributed by atoms with Gasteiger partial charge in [-0.2, -0.15) is 5.48 Å². The van der Waals surface area contributed by atoms with Gasteiger partial charge in [0.15, 0.2) is 0 Å². The Balaban J connectivity index is 1.03. The number of nitrogens with one attached hydrogen (secondary N) is 1. The molecule has 3 saturated carbocycles. The third kappa shape index (κ3) is 6.26. The molecule has 2 spiro atoms. The largest absolute Gasteiger partial charge is 0.481 e. The summed E-state index contributed by atoms with van der Waals surface area (Å²) in [7, 11) is 0. The summed E-state index contributed by atoms with van der Waals surface area (Å²) in [5.74, 6) is -3.59. The summed E-state index contributed by atoms with van der Waals surface area (Å²) in [6, 6.07) is 0. The predicted octanol–water partition coefficient (Wildman–Crippen LogP) is 2.10. The van der Waals surface area contributed by atoms with Crippen LogP contribution in [0.15, 0.2) is 0 Å². The maximum atomic E-state index is 12.7. The predicted molar refractivity (Wildman–Crippen MR) is 147 cm³/mol. The van der Waals surface area contributed by atoms with Crippen molar-refractivity contribution >= 4 is 17.8 Å². The van der Waals surface area contributed by atoms with Crippen LogP contribution in [0.1, 0.15) is 77.0 Å². The number of nitrogens with zero attached hydrogens (tertiary/aromatic N) is 1. The van der Waals surface area contributed by atoms with Gasteiger partial charge in [0, 0.05) is 26.0 Å². The minimum atomic E-state index is -1.03. The first-order valence-electron chi connectivity index (χ1n) is 15.4. The van der Waals surface area contributed by atoms with Gasteiger partial charge in [0.25, 0.3) is 0 Å². The zero-order valence-electron chi connectivity index (χ0n) is 24.2. The SMILES string of the molecule is C#COC1CCC2(C(=O)N2CCOCCC2ONC23CCC(OCCOC2CCCCC2)CC3C(=O)O)C(C(=O)O)C1. The van der Waals surface area contributed by atoms with E-state index in [1.165, 1.54) is 19.3 Å². The van der Waals surface area contributed by atoms with Crippen molar-refractivity contribution in [2.24, 2.45) is 11.8 Å². The molecule has 7 unspecified atom stereocenters. The molecular weight excluding hydrogens is 548 g/mol. The Bertz CT molecular complexity index is 1030. The summed E-state index contributed by atoms with van der Waals surface area (Å²) in [5, 5.41) is 19.8. The monoisotopic (exact) mass is 592 g/mol. The van der Waals surface area contributed by atoms with Gasteiger partial charge in [-0.3, -0.25) is 19.2 Å². The molecule has 5 rings (SSSR count). The number of carboxylic acid groups (broad SMARTS) is 2. The minimum absolute atomic E-state index is 0.133. The van der Waals surface area contributed by atoms with Crippen molar-refractivity contribution in [3.63, 3.8) is 0 Å². The average molecular weight is 593 g/mol. The first kappa shape index (κ1) is 31.0. The van der Waals surface area contributed by atoms with E-state index in [0.29, 0.717) is 64.6 Å². The number of carbonyl (C=O) groups excluding carboxylic acids is 1. The molecule has 42 heavy (non-hydrogen) atoms. The normalized spacial score (nSPS) is 36.4. The van der Waals surface area contributed by atoms with Crippen LogP contribution in [0.2, 0.25) is 0 Å². The molecule has 1 amide bonds. The van der Waals surface area contributed by atoms with Gasteiger partial charge in [0.1, 0.15) is 23.9 Å². The van der Waals surface area contributed by atoms with Crippen LogP contribution in [0, 0.1) is 24.4 Å². The zero-order chi connectivity index (χ0) is 29.7. The van der Waals surface area contributed by atoms with Crippen LogP contribution in [0.3, 0.4) is 0 Å². The van der Waals surface area contributed by atoms with Gasteiger partial charge < -0.3 is 34.1 Å². The minimum Gasteiger partial charge on any atom is -0.481 e. The molecule has 2 saturated heterocycles. The Morgan fingerprint density at radius 3 is 2.29 bits per heavy atom. The van der Waals surface area contributed by atoms with Gasteiger partial charge in [0.2, 0.25) is 5.91 Å². The molecular formula is C30H44N2O10. The lowest BCUT2D eigenvalue weighted by atomic mass is 9.67. The van der Waals surface area contributed by atoms with E-state index in [9.17, 15) is 24.6 Å². The number of amides is 1. The van der Waals surface area contributed by atoms with E-state index < -0.39 is 34.9 Å². The Kier molecular flexibility index (Phi) is 9.95. The van der Waals surface area contributed by atoms with Crippen LogP contribution in [0.25, 0.3) is 0 Å². The maximum absolute atomic E-state index is 12.7. The molecule has 0 bridgehead atoms. The third-order valence-electron chi connectivity index (χ3n) is 10.1. The van der Waals surface area contributed by atoms with Crippen molar-refractivity contribution in [1.82, 2.24) is 10.4 Å². The molecule has 0 radical (unpaired) electrons. The Morgan fingerprint density at radius 2 is 1.62 bits per heavy atom. The summed E-state index contributed by atoms with van der Waals surface area (Å²) in [4.78, 5) is 44.1. The van der Waals surface area contributed by atoms with Gasteiger partial charge in [-0.15, -0.1) is 0 Å². The van der Waals surface area contributed by atoms with Gasteiger partial charge >= 0.3 is 11.9 Å². The number of hydrogen-bond acceptors (Lipinski definition) is 9. The van der Waals surface area contributed by atoms with Gasteiger partial charge in [-0.25, -0.2) is 0 Å². The molecule has 2 aliphatic heterocycles. The van der Waals surface area contributed by atoms with Gasteiger partial charge in [0.05, 0.1) is 49.4 Å². The van der Waals surface area contributed by atoms with Crippen molar-refractivity contribution in [2.75, 3.05) is 33.0 Å². The molecule has 5 aliphatic rings. The quantitative estimate of drug-likeness (QED) is 0.154. The summed E-state index contributed by atoms with van der Waals surface area (Å²) >= 11 is 0. The Labute approximate surface area is 246 Å². The highest BCUT2D eigenvalue weighted by atomic mass is 16.7. The number of hydrogen-bond donors (Lipinski definition) is 3. The number of aliphatic carboxylic acids is 2. The van der Waals surface area contributed by atoms with Crippen molar-refractivity contribution in [3.05, 3.63) is 0 Å². The molecule has 3 aliphatic carbocycles. The van der Waals surface area contributed by atoms with E-state index in [2.05, 4.69) is 11.6 Å². The highest BCUT2D eigenvalue weighted by Gasteiger charge is 2.70. The fourth-order valence-corrected chi connectivity index (χ4v) is 7.71. The second-order valence-corrected chi connectivity index (χ2v) is 12.3. The lowest BCUT2D eigenvalue weighted by Gasteiger charge is -2.55. The molecule has 7 atom stereocenters. The molecule has 0 aromatic carbocycles. The number of ether oxygens (including phenoxy) is 4. The Morgan fingerprint density at radius 1 is 0.929 bits per heavy atom. The summed E-state index contributed by atoms with van der Waals surface area (Å²) in [6.45, 7) is 1.87. The molecule has 0 aromatic rings. The first-order chi connectivity index (χ1) is 20.3. The highest BCUT2D eigenvalue weighted by Crippen LogP contribution is 2.50. The smallest absolute Gasteiger partial charge is 0.309 e. The number of hydroxylamine groups is 1. The van der Waals surface area contributed by atoms with E-state index in [1.54, 1.807) is 4.90 Å². The van der Waals surface area contributed by atoms with Crippen LogP contribution in [-0.4, -0.2) is 101 Å². The maximum Gasteiger partial charge on any atom is 0.309 e. The number of terminal acetylenes is 1. The lowest BCUT2D eigenvalue weighted by molar-refractivity contribution is -0.266. The zero-order valence-corrected chi connectivity index (χ0v) is 24.2. The second kappa shape index (κ2) is 13.5. The van der Waals surface area contributed by atoms with Crippen molar-refractivity contribution in [1.29, 1.82) is 0 Å². The van der Waals surface area contributed by atoms with Crippen LogP contribution in [0.4, 0.5) is 0 Å². The molecule has 0 aromatic heterocycles. The van der Waals surface area contributed by atoms with Crippen molar-refractivity contribution in [3.8, 4) is 12.5 Å². The van der Waals surface area contributed by atoms with Crippen molar-refractivity contribution in [2.45, 2.75) is 113 Å². The van der Waals surface area contributed by atoms with Crippen molar-refractivity contribution < 1.29 is 48.4 Å². The van der Waals surface area contributed by atoms with Gasteiger partial charge in [-0.05, 0) is 44.9 Å². The molecule has 12 nitrogen and oxygen atoms in total. The number of rotatable bonds is 14. The summed E-state index contributed by atoms with van der Waals surface area (Å²) in [5.41, 5.74) is 1.29. The van der Waals surface area contributed by atoms with E-state index in [4.69, 9.17) is 30.2 Å². The molecule has 3 N–H and O–H groups in total. The molecule has 2 heterocycles. The first-order valence-corrected chi connectivity index (χ1v) is 15.4. The molecule has 234 valence electrons. The second-order valence-electron chi connectivity index (χ2n) is 12.3. The van der Waals surface area contributed by atoms with Crippen LogP contribution < -0.4 is 5.48 Å². The van der Waals surface area contributed by atoms with E-state index in [-0.39, 0.29) is 37.2 Å². The number of carboxylic acids is 2. The summed E-state index contributed by atoms with van der Waals surface area (Å²) in [6.07, 6.45) is 16.1. The van der Waals surface area contributed by atoms with Crippen LogP contribution in [0.5, 0.6) is 0 Å². The van der Waals surface area contributed by atoms with E-state index in [0.717, 1.165) is 19.3 Å². The van der Waals surface area contributed by atoms with E-state index in [1.807, 2.05) is 0 Å². The summed E-state index contributed by atoms with van der Waals surface area (Å²) < 4.78 is 22.9.